The summed E-state index contributed by atoms with van der Waals surface area (Å²) in [4.78, 5) is 23.7. The fourth-order valence-corrected chi connectivity index (χ4v) is 3.93. The van der Waals surface area contributed by atoms with Crippen molar-refractivity contribution in [2.24, 2.45) is 0 Å². The standard InChI is InChI=1S/C26H27FN6O/c1-17-4-5-18(25(34)32-21-6-7-30-23(14-21)26(2,3)27)13-22(17)20-12-19(15-28)24(31-16-20)33-10-8-29-9-11-33/h4-7,12-14,16,29H,8-11H2,1-3H3,(H,30,32,34). The number of hydrogen-bond donors (Lipinski definition) is 2. The van der Waals surface area contributed by atoms with Crippen LogP contribution in [0.25, 0.3) is 11.1 Å². The summed E-state index contributed by atoms with van der Waals surface area (Å²) in [6.07, 6.45) is 3.22. The number of benzene rings is 1. The number of aromatic nitrogens is 2. The lowest BCUT2D eigenvalue weighted by Gasteiger charge is -2.29. The van der Waals surface area contributed by atoms with E-state index in [0.717, 1.165) is 42.9 Å². The Kier molecular flexibility index (Phi) is 6.57. The molecule has 1 aliphatic heterocycles. The number of halogens is 1. The molecule has 1 aliphatic rings. The van der Waals surface area contributed by atoms with Crippen molar-refractivity contribution in [3.63, 3.8) is 0 Å². The SMILES string of the molecule is Cc1ccc(C(=O)Nc2ccnc(C(C)(C)F)c2)cc1-c1cnc(N2CCNCC2)c(C#N)c1. The van der Waals surface area contributed by atoms with Gasteiger partial charge < -0.3 is 15.5 Å². The van der Waals surface area contributed by atoms with Crippen molar-refractivity contribution in [3.8, 4) is 17.2 Å². The molecule has 2 aromatic heterocycles. The summed E-state index contributed by atoms with van der Waals surface area (Å²) in [5.41, 5.74) is 2.61. The number of carbonyl (C=O) groups is 1. The molecular formula is C26H27FN6O. The van der Waals surface area contributed by atoms with Gasteiger partial charge in [-0.05, 0) is 62.2 Å². The van der Waals surface area contributed by atoms with Gasteiger partial charge in [-0.2, -0.15) is 5.26 Å². The molecule has 0 atom stereocenters. The van der Waals surface area contributed by atoms with Gasteiger partial charge in [0.1, 0.15) is 17.6 Å². The maximum absolute atomic E-state index is 14.2. The number of hydrogen-bond acceptors (Lipinski definition) is 6. The molecule has 0 aliphatic carbocycles. The second kappa shape index (κ2) is 9.57. The number of pyridine rings is 2. The van der Waals surface area contributed by atoms with Gasteiger partial charge in [-0.1, -0.05) is 6.07 Å². The quantitative estimate of drug-likeness (QED) is 0.596. The minimum absolute atomic E-state index is 0.245. The molecule has 174 valence electrons. The maximum atomic E-state index is 14.2. The number of anilines is 2. The van der Waals surface area contributed by atoms with Crippen LogP contribution < -0.4 is 15.5 Å². The highest BCUT2D eigenvalue weighted by atomic mass is 19.1. The van der Waals surface area contributed by atoms with Crippen molar-refractivity contribution in [2.45, 2.75) is 26.4 Å². The lowest BCUT2D eigenvalue weighted by Crippen LogP contribution is -2.44. The Morgan fingerprint density at radius 3 is 2.65 bits per heavy atom. The van der Waals surface area contributed by atoms with Crippen LogP contribution in [0.5, 0.6) is 0 Å². The van der Waals surface area contributed by atoms with Crippen molar-refractivity contribution in [3.05, 3.63) is 71.2 Å². The predicted molar refractivity (Wildman–Crippen MR) is 131 cm³/mol. The van der Waals surface area contributed by atoms with E-state index in [2.05, 4.69) is 31.6 Å². The summed E-state index contributed by atoms with van der Waals surface area (Å²) in [6.45, 7) is 8.09. The van der Waals surface area contributed by atoms with Gasteiger partial charge in [0, 0.05) is 55.4 Å². The zero-order valence-corrected chi connectivity index (χ0v) is 19.5. The molecule has 0 radical (unpaired) electrons. The molecule has 2 N–H and O–H groups in total. The van der Waals surface area contributed by atoms with Crippen LogP contribution in [-0.2, 0) is 5.67 Å². The van der Waals surface area contributed by atoms with Crippen LogP contribution in [0.15, 0.2) is 48.8 Å². The van der Waals surface area contributed by atoms with E-state index in [1.165, 1.54) is 26.1 Å². The average Bonchev–Trinajstić information content (AvgIpc) is 2.84. The van der Waals surface area contributed by atoms with Crippen molar-refractivity contribution < 1.29 is 9.18 Å². The first-order valence-electron chi connectivity index (χ1n) is 11.2. The van der Waals surface area contributed by atoms with Crippen LogP contribution in [0.4, 0.5) is 15.9 Å². The van der Waals surface area contributed by atoms with E-state index >= 15 is 0 Å². The molecule has 0 saturated carbocycles. The van der Waals surface area contributed by atoms with Crippen LogP contribution in [0.3, 0.4) is 0 Å². The molecule has 7 nitrogen and oxygen atoms in total. The minimum Gasteiger partial charge on any atom is -0.353 e. The third-order valence-electron chi connectivity index (χ3n) is 5.84. The number of nitriles is 1. The molecule has 1 amide bonds. The number of piperazine rings is 1. The first kappa shape index (κ1) is 23.3. The van der Waals surface area contributed by atoms with Gasteiger partial charge in [-0.3, -0.25) is 9.78 Å². The summed E-state index contributed by atoms with van der Waals surface area (Å²) in [5, 5.41) is 15.9. The second-order valence-electron chi connectivity index (χ2n) is 8.83. The van der Waals surface area contributed by atoms with Crippen molar-refractivity contribution >= 4 is 17.4 Å². The molecule has 4 rings (SSSR count). The predicted octanol–water partition coefficient (Wildman–Crippen LogP) is 4.19. The number of rotatable bonds is 5. The van der Waals surface area contributed by atoms with E-state index < -0.39 is 5.67 Å². The molecule has 1 fully saturated rings. The molecule has 1 aromatic carbocycles. The monoisotopic (exact) mass is 458 g/mol. The molecular weight excluding hydrogens is 431 g/mol. The Morgan fingerprint density at radius 1 is 1.18 bits per heavy atom. The number of carbonyl (C=O) groups excluding carboxylic acids is 1. The van der Waals surface area contributed by atoms with E-state index in [-0.39, 0.29) is 11.6 Å². The highest BCUT2D eigenvalue weighted by molar-refractivity contribution is 6.05. The van der Waals surface area contributed by atoms with Crippen LogP contribution in [0.2, 0.25) is 0 Å². The van der Waals surface area contributed by atoms with Crippen LogP contribution >= 0.6 is 0 Å². The summed E-state index contributed by atoms with van der Waals surface area (Å²) < 4.78 is 14.2. The van der Waals surface area contributed by atoms with Gasteiger partial charge in [-0.25, -0.2) is 9.37 Å². The summed E-state index contributed by atoms with van der Waals surface area (Å²) >= 11 is 0. The van der Waals surface area contributed by atoms with Crippen LogP contribution in [0, 0.1) is 18.3 Å². The average molecular weight is 459 g/mol. The smallest absolute Gasteiger partial charge is 0.255 e. The molecule has 0 bridgehead atoms. The molecule has 34 heavy (non-hydrogen) atoms. The van der Waals surface area contributed by atoms with E-state index in [4.69, 9.17) is 0 Å². The maximum Gasteiger partial charge on any atom is 0.255 e. The molecule has 3 aromatic rings. The Morgan fingerprint density at radius 2 is 1.94 bits per heavy atom. The zero-order valence-electron chi connectivity index (χ0n) is 19.5. The highest BCUT2D eigenvalue weighted by Gasteiger charge is 2.21. The van der Waals surface area contributed by atoms with Crippen molar-refractivity contribution in [2.75, 3.05) is 36.4 Å². The number of nitrogens with zero attached hydrogens (tertiary/aromatic N) is 4. The van der Waals surface area contributed by atoms with E-state index in [9.17, 15) is 14.4 Å². The van der Waals surface area contributed by atoms with Gasteiger partial charge >= 0.3 is 0 Å². The first-order chi connectivity index (χ1) is 16.3. The summed E-state index contributed by atoms with van der Waals surface area (Å²) in [7, 11) is 0. The Hall–Kier alpha value is -3.83. The Labute approximate surface area is 198 Å². The zero-order chi connectivity index (χ0) is 24.3. The molecule has 0 spiro atoms. The van der Waals surface area contributed by atoms with Crippen molar-refractivity contribution in [1.29, 1.82) is 5.26 Å². The van der Waals surface area contributed by atoms with E-state index in [0.29, 0.717) is 22.6 Å². The summed E-state index contributed by atoms with van der Waals surface area (Å²) in [5.74, 6) is 0.365. The normalized spacial score (nSPS) is 13.9. The van der Waals surface area contributed by atoms with Crippen molar-refractivity contribution in [1.82, 2.24) is 15.3 Å². The Bertz CT molecular complexity index is 1250. The summed E-state index contributed by atoms with van der Waals surface area (Å²) in [6, 6.07) is 12.6. The fraction of sp³-hybridized carbons (Fsp3) is 0.308. The van der Waals surface area contributed by atoms with Gasteiger partial charge in [0.15, 0.2) is 0 Å². The number of alkyl halides is 1. The third-order valence-corrected chi connectivity index (χ3v) is 5.84. The number of amides is 1. The highest BCUT2D eigenvalue weighted by Crippen LogP contribution is 2.29. The number of aryl methyl sites for hydroxylation is 1. The largest absolute Gasteiger partial charge is 0.353 e. The molecule has 0 unspecified atom stereocenters. The molecule has 3 heterocycles. The van der Waals surface area contributed by atoms with Crippen LogP contribution in [0.1, 0.15) is 41.0 Å². The van der Waals surface area contributed by atoms with E-state index in [1.807, 2.05) is 19.1 Å². The van der Waals surface area contributed by atoms with E-state index in [1.54, 1.807) is 24.4 Å². The topological polar surface area (TPSA) is 93.9 Å². The second-order valence-corrected chi connectivity index (χ2v) is 8.83. The first-order valence-corrected chi connectivity index (χ1v) is 11.2. The molecule has 1 saturated heterocycles. The lowest BCUT2D eigenvalue weighted by atomic mass is 9.97. The number of nitrogens with one attached hydrogen (secondary N) is 2. The Balaban J connectivity index is 1.61. The fourth-order valence-electron chi connectivity index (χ4n) is 3.93. The van der Waals surface area contributed by atoms with Gasteiger partial charge in [0.25, 0.3) is 5.91 Å². The third kappa shape index (κ3) is 5.05. The lowest BCUT2D eigenvalue weighted by molar-refractivity contribution is 0.102. The molecule has 8 heteroatoms. The van der Waals surface area contributed by atoms with Gasteiger partial charge in [0.05, 0.1) is 11.3 Å². The van der Waals surface area contributed by atoms with Gasteiger partial charge in [-0.15, -0.1) is 0 Å². The van der Waals surface area contributed by atoms with Gasteiger partial charge in [0.2, 0.25) is 0 Å². The minimum atomic E-state index is -1.61. The van der Waals surface area contributed by atoms with Crippen LogP contribution in [-0.4, -0.2) is 42.1 Å².